The largest absolute Gasteiger partial charge is 0.378 e. The monoisotopic (exact) mass is 414 g/mol. The first-order valence-electron chi connectivity index (χ1n) is 11.1. The molecule has 3 amide bonds. The molecular weight excluding hydrogens is 380 g/mol. The van der Waals surface area contributed by atoms with Gasteiger partial charge in [0.1, 0.15) is 0 Å². The maximum Gasteiger partial charge on any atom is 0.321 e. The van der Waals surface area contributed by atoms with Crippen LogP contribution in [0.2, 0.25) is 0 Å². The van der Waals surface area contributed by atoms with Crippen LogP contribution in [0, 0.1) is 19.3 Å². The predicted molar refractivity (Wildman–Crippen MR) is 117 cm³/mol. The van der Waals surface area contributed by atoms with E-state index in [1.165, 1.54) is 11.1 Å². The minimum absolute atomic E-state index is 0.0274. The van der Waals surface area contributed by atoms with Crippen LogP contribution in [0.5, 0.6) is 0 Å². The molecule has 0 bridgehead atoms. The first kappa shape index (κ1) is 21.1. The number of piperidine rings is 1. The lowest BCUT2D eigenvalue weighted by Crippen LogP contribution is -2.48. The van der Waals surface area contributed by atoms with Gasteiger partial charge in [-0.2, -0.15) is 0 Å². The number of ether oxygens (including phenoxy) is 1. The summed E-state index contributed by atoms with van der Waals surface area (Å²) in [4.78, 5) is 31.9. The second kappa shape index (κ2) is 8.55. The summed E-state index contributed by atoms with van der Waals surface area (Å²) in [6.07, 6.45) is 2.79. The van der Waals surface area contributed by atoms with Crippen molar-refractivity contribution in [1.29, 1.82) is 0 Å². The number of benzene rings is 1. The van der Waals surface area contributed by atoms with Crippen LogP contribution in [0.1, 0.15) is 30.4 Å². The van der Waals surface area contributed by atoms with Gasteiger partial charge in [0.2, 0.25) is 5.91 Å². The lowest BCUT2D eigenvalue weighted by molar-refractivity contribution is -0.139. The molecule has 3 saturated heterocycles. The number of nitrogens with one attached hydrogen (secondary N) is 1. The summed E-state index contributed by atoms with van der Waals surface area (Å²) in [6, 6.07) is 5.95. The zero-order valence-electron chi connectivity index (χ0n) is 18.4. The van der Waals surface area contributed by atoms with Crippen molar-refractivity contribution >= 4 is 17.6 Å². The molecule has 1 aromatic rings. The molecule has 1 atom stereocenters. The van der Waals surface area contributed by atoms with Crippen molar-refractivity contribution in [2.75, 3.05) is 58.3 Å². The highest BCUT2D eigenvalue weighted by molar-refractivity contribution is 5.89. The van der Waals surface area contributed by atoms with Crippen molar-refractivity contribution in [3.8, 4) is 0 Å². The average molecular weight is 415 g/mol. The van der Waals surface area contributed by atoms with E-state index < -0.39 is 0 Å². The number of carbonyl (C=O) groups is 2. The summed E-state index contributed by atoms with van der Waals surface area (Å²) < 4.78 is 5.39. The Bertz CT molecular complexity index is 798. The van der Waals surface area contributed by atoms with Crippen molar-refractivity contribution in [3.05, 3.63) is 29.3 Å². The fraction of sp³-hybridized carbons (Fsp3) is 0.652. The van der Waals surface area contributed by atoms with E-state index in [-0.39, 0.29) is 23.4 Å². The van der Waals surface area contributed by atoms with Gasteiger partial charge in [0, 0.05) is 38.4 Å². The van der Waals surface area contributed by atoms with Crippen molar-refractivity contribution < 1.29 is 14.3 Å². The second-order valence-electron chi connectivity index (χ2n) is 9.29. The Hall–Kier alpha value is -2.12. The SMILES string of the molecule is Cc1ccc(NC(=O)N2CCC3(CC2)CC(C(=O)N2CCOCC2)N(C)C3)cc1C. The molecule has 7 heteroatoms. The van der Waals surface area contributed by atoms with Gasteiger partial charge in [-0.1, -0.05) is 6.07 Å². The summed E-state index contributed by atoms with van der Waals surface area (Å²) in [5.41, 5.74) is 3.38. The lowest BCUT2D eigenvalue weighted by atomic mass is 9.76. The summed E-state index contributed by atoms with van der Waals surface area (Å²) in [6.45, 7) is 9.20. The first-order valence-corrected chi connectivity index (χ1v) is 11.1. The Kier molecular flexibility index (Phi) is 6.02. The number of aryl methyl sites for hydroxylation is 2. The van der Waals surface area contributed by atoms with E-state index in [9.17, 15) is 9.59 Å². The molecule has 0 saturated carbocycles. The van der Waals surface area contributed by atoms with Crippen LogP contribution in [0.3, 0.4) is 0 Å². The normalized spacial score (nSPS) is 24.3. The molecule has 1 N–H and O–H groups in total. The Morgan fingerprint density at radius 3 is 2.40 bits per heavy atom. The number of likely N-dealkylation sites (N-methyl/N-ethyl adjacent to an activating group) is 1. The molecule has 164 valence electrons. The van der Waals surface area contributed by atoms with Gasteiger partial charge in [0.05, 0.1) is 19.3 Å². The first-order chi connectivity index (χ1) is 14.4. The van der Waals surface area contributed by atoms with Gasteiger partial charge in [-0.3, -0.25) is 9.69 Å². The Balaban J connectivity index is 1.32. The fourth-order valence-electron chi connectivity index (χ4n) is 5.11. The zero-order valence-corrected chi connectivity index (χ0v) is 18.4. The minimum atomic E-state index is -0.0426. The van der Waals surface area contributed by atoms with E-state index in [1.54, 1.807) is 0 Å². The van der Waals surface area contributed by atoms with E-state index in [2.05, 4.69) is 31.1 Å². The van der Waals surface area contributed by atoms with Crippen molar-refractivity contribution in [2.24, 2.45) is 5.41 Å². The highest BCUT2D eigenvalue weighted by Gasteiger charge is 2.48. The zero-order chi connectivity index (χ0) is 21.3. The van der Waals surface area contributed by atoms with Gasteiger partial charge in [-0.15, -0.1) is 0 Å². The van der Waals surface area contributed by atoms with Crippen LogP contribution < -0.4 is 5.32 Å². The van der Waals surface area contributed by atoms with Crippen molar-refractivity contribution in [2.45, 2.75) is 39.2 Å². The quantitative estimate of drug-likeness (QED) is 0.808. The smallest absolute Gasteiger partial charge is 0.321 e. The van der Waals surface area contributed by atoms with Gasteiger partial charge in [0.25, 0.3) is 0 Å². The highest BCUT2D eigenvalue weighted by Crippen LogP contribution is 2.43. The van der Waals surface area contributed by atoms with Gasteiger partial charge in [-0.25, -0.2) is 4.79 Å². The minimum Gasteiger partial charge on any atom is -0.378 e. The molecular formula is C23H34N4O3. The maximum absolute atomic E-state index is 13.0. The lowest BCUT2D eigenvalue weighted by Gasteiger charge is -2.39. The maximum atomic E-state index is 13.0. The standard InChI is InChI=1S/C23H34N4O3/c1-17-4-5-19(14-18(17)2)24-22(29)27-8-6-23(7-9-27)15-20(25(3)16-23)21(28)26-10-12-30-13-11-26/h4-5,14,20H,6-13,15-16H2,1-3H3,(H,24,29). The van der Waals surface area contributed by atoms with E-state index in [0.29, 0.717) is 26.3 Å². The third kappa shape index (κ3) is 4.32. The van der Waals surface area contributed by atoms with Crippen LogP contribution in [0.25, 0.3) is 0 Å². The Morgan fingerprint density at radius 1 is 1.03 bits per heavy atom. The molecule has 3 fully saturated rings. The summed E-state index contributed by atoms with van der Waals surface area (Å²) >= 11 is 0. The number of nitrogens with zero attached hydrogens (tertiary/aromatic N) is 3. The fourth-order valence-corrected chi connectivity index (χ4v) is 5.11. The van der Waals surface area contributed by atoms with Gasteiger partial charge < -0.3 is 19.9 Å². The summed E-state index contributed by atoms with van der Waals surface area (Å²) in [7, 11) is 2.07. The number of hydrogen-bond acceptors (Lipinski definition) is 4. The van der Waals surface area contributed by atoms with Gasteiger partial charge in [-0.05, 0) is 68.8 Å². The van der Waals surface area contributed by atoms with Gasteiger partial charge in [0.15, 0.2) is 0 Å². The Morgan fingerprint density at radius 2 is 1.73 bits per heavy atom. The van der Waals surface area contributed by atoms with Crippen LogP contribution in [0.15, 0.2) is 18.2 Å². The molecule has 0 radical (unpaired) electrons. The van der Waals surface area contributed by atoms with Gasteiger partial charge >= 0.3 is 6.03 Å². The molecule has 3 aliphatic rings. The molecule has 0 aromatic heterocycles. The van der Waals surface area contributed by atoms with E-state index in [0.717, 1.165) is 44.6 Å². The number of carbonyl (C=O) groups excluding carboxylic acids is 2. The van der Waals surface area contributed by atoms with Crippen molar-refractivity contribution in [1.82, 2.24) is 14.7 Å². The Labute approximate surface area is 179 Å². The molecule has 3 heterocycles. The topological polar surface area (TPSA) is 65.1 Å². The second-order valence-corrected chi connectivity index (χ2v) is 9.29. The molecule has 3 aliphatic heterocycles. The van der Waals surface area contributed by atoms with E-state index in [4.69, 9.17) is 4.74 Å². The van der Waals surface area contributed by atoms with Crippen LogP contribution in [-0.2, 0) is 9.53 Å². The summed E-state index contributed by atoms with van der Waals surface area (Å²) in [5.74, 6) is 0.243. The van der Waals surface area contributed by atoms with Crippen LogP contribution in [-0.4, -0.2) is 85.7 Å². The predicted octanol–water partition coefficient (Wildman–Crippen LogP) is 2.48. The molecule has 0 aliphatic carbocycles. The van der Waals surface area contributed by atoms with Crippen LogP contribution in [0.4, 0.5) is 10.5 Å². The molecule has 1 aromatic carbocycles. The summed E-state index contributed by atoms with van der Waals surface area (Å²) in [5, 5.41) is 3.04. The third-order valence-electron chi connectivity index (χ3n) is 7.22. The number of morpholine rings is 1. The average Bonchev–Trinajstić information content (AvgIpc) is 3.07. The number of urea groups is 1. The van der Waals surface area contributed by atoms with Crippen LogP contribution >= 0.6 is 0 Å². The van der Waals surface area contributed by atoms with E-state index in [1.807, 2.05) is 28.0 Å². The number of likely N-dealkylation sites (tertiary alicyclic amines) is 2. The number of hydrogen-bond donors (Lipinski definition) is 1. The third-order valence-corrected chi connectivity index (χ3v) is 7.22. The number of rotatable bonds is 2. The molecule has 30 heavy (non-hydrogen) atoms. The molecule has 4 rings (SSSR count). The number of amides is 3. The number of anilines is 1. The van der Waals surface area contributed by atoms with Crippen molar-refractivity contribution in [3.63, 3.8) is 0 Å². The highest BCUT2D eigenvalue weighted by atomic mass is 16.5. The molecule has 7 nitrogen and oxygen atoms in total. The molecule has 1 unspecified atom stereocenters. The van der Waals surface area contributed by atoms with E-state index >= 15 is 0 Å². The molecule has 1 spiro atoms.